The fourth-order valence-corrected chi connectivity index (χ4v) is 3.65. The maximum atomic E-state index is 12.9. The molecule has 0 radical (unpaired) electrons. The summed E-state index contributed by atoms with van der Waals surface area (Å²) < 4.78 is 3.97. The standard InChI is InChI=1S/C18H21N5O/c1-13-10-21(2)18(20-13)16-8-5-9-23(16)17(24)11-22-12-19-14-6-3-4-7-15(14)22/h3-4,6-7,10,12,16H,5,8-9,11H2,1-2H3. The average Bonchev–Trinajstić information content (AvgIpc) is 3.26. The molecule has 3 heterocycles. The number of aromatic nitrogens is 4. The van der Waals surface area contributed by atoms with Crippen molar-refractivity contribution in [1.29, 1.82) is 0 Å². The van der Waals surface area contributed by atoms with Crippen LogP contribution >= 0.6 is 0 Å². The number of aryl methyl sites for hydroxylation is 2. The van der Waals surface area contributed by atoms with Gasteiger partial charge >= 0.3 is 0 Å². The molecule has 1 saturated heterocycles. The Bertz CT molecular complexity index is 894. The molecule has 0 spiro atoms. The number of benzene rings is 1. The Hall–Kier alpha value is -2.63. The van der Waals surface area contributed by atoms with Crippen LogP contribution in [-0.4, -0.2) is 36.5 Å². The molecule has 0 aliphatic carbocycles. The second-order valence-electron chi connectivity index (χ2n) is 6.46. The Morgan fingerprint density at radius 1 is 1.33 bits per heavy atom. The van der Waals surface area contributed by atoms with E-state index in [1.54, 1.807) is 6.33 Å². The molecular weight excluding hydrogens is 302 g/mol. The molecule has 3 aromatic rings. The Balaban J connectivity index is 1.58. The zero-order valence-corrected chi connectivity index (χ0v) is 14.0. The topological polar surface area (TPSA) is 56.0 Å². The van der Waals surface area contributed by atoms with Gasteiger partial charge in [0.15, 0.2) is 0 Å². The van der Waals surface area contributed by atoms with Gasteiger partial charge in [-0.15, -0.1) is 0 Å². The number of rotatable bonds is 3. The number of para-hydroxylation sites is 2. The van der Waals surface area contributed by atoms with Gasteiger partial charge in [-0.1, -0.05) is 12.1 Å². The van der Waals surface area contributed by atoms with Crippen molar-refractivity contribution >= 4 is 16.9 Å². The minimum atomic E-state index is 0.0750. The molecule has 0 bridgehead atoms. The van der Waals surface area contributed by atoms with E-state index in [1.807, 2.05) is 58.5 Å². The highest BCUT2D eigenvalue weighted by Gasteiger charge is 2.32. The lowest BCUT2D eigenvalue weighted by molar-refractivity contribution is -0.132. The first-order valence-corrected chi connectivity index (χ1v) is 8.32. The second kappa shape index (κ2) is 5.78. The van der Waals surface area contributed by atoms with E-state index < -0.39 is 0 Å². The Kier molecular flexibility index (Phi) is 3.59. The van der Waals surface area contributed by atoms with Gasteiger partial charge in [-0.3, -0.25) is 4.79 Å². The largest absolute Gasteiger partial charge is 0.336 e. The molecule has 1 fully saturated rings. The molecule has 4 rings (SSSR count). The van der Waals surface area contributed by atoms with Crippen LogP contribution in [0.15, 0.2) is 36.8 Å². The van der Waals surface area contributed by atoms with E-state index in [0.717, 1.165) is 41.9 Å². The second-order valence-corrected chi connectivity index (χ2v) is 6.46. The summed E-state index contributed by atoms with van der Waals surface area (Å²) in [5.41, 5.74) is 2.91. The van der Waals surface area contributed by atoms with Crippen molar-refractivity contribution in [3.05, 3.63) is 48.3 Å². The maximum absolute atomic E-state index is 12.9. The van der Waals surface area contributed by atoms with Crippen LogP contribution in [0.25, 0.3) is 11.0 Å². The molecule has 0 N–H and O–H groups in total. The number of likely N-dealkylation sites (tertiary alicyclic amines) is 1. The number of carbonyl (C=O) groups is 1. The van der Waals surface area contributed by atoms with Gasteiger partial charge in [0.1, 0.15) is 12.4 Å². The van der Waals surface area contributed by atoms with Gasteiger partial charge in [0, 0.05) is 19.8 Å². The van der Waals surface area contributed by atoms with Crippen LogP contribution < -0.4 is 0 Å². The number of carbonyl (C=O) groups excluding carboxylic acids is 1. The van der Waals surface area contributed by atoms with Crippen LogP contribution in [0.5, 0.6) is 0 Å². The van der Waals surface area contributed by atoms with Crippen LogP contribution in [-0.2, 0) is 18.4 Å². The molecule has 2 aromatic heterocycles. The summed E-state index contributed by atoms with van der Waals surface area (Å²) in [5.74, 6) is 1.11. The lowest BCUT2D eigenvalue weighted by atomic mass is 10.2. The highest BCUT2D eigenvalue weighted by atomic mass is 16.2. The van der Waals surface area contributed by atoms with Crippen LogP contribution in [0.2, 0.25) is 0 Å². The third-order valence-corrected chi connectivity index (χ3v) is 4.74. The fraction of sp³-hybridized carbons (Fsp3) is 0.389. The normalized spacial score (nSPS) is 17.8. The third-order valence-electron chi connectivity index (χ3n) is 4.74. The summed E-state index contributed by atoms with van der Waals surface area (Å²) in [4.78, 5) is 23.9. The number of fused-ring (bicyclic) bond motifs is 1. The molecular formula is C18H21N5O. The van der Waals surface area contributed by atoms with E-state index in [1.165, 1.54) is 0 Å². The molecule has 1 aromatic carbocycles. The Morgan fingerprint density at radius 2 is 2.17 bits per heavy atom. The highest BCUT2D eigenvalue weighted by Crippen LogP contribution is 2.31. The van der Waals surface area contributed by atoms with Gasteiger partial charge in [0.2, 0.25) is 5.91 Å². The van der Waals surface area contributed by atoms with Crippen LogP contribution in [0, 0.1) is 6.92 Å². The van der Waals surface area contributed by atoms with Crippen molar-refractivity contribution in [2.45, 2.75) is 32.4 Å². The number of nitrogens with zero attached hydrogens (tertiary/aromatic N) is 5. The summed E-state index contributed by atoms with van der Waals surface area (Å²) in [6.07, 6.45) is 5.76. The summed E-state index contributed by atoms with van der Waals surface area (Å²) in [5, 5.41) is 0. The van der Waals surface area contributed by atoms with Crippen molar-refractivity contribution in [2.75, 3.05) is 6.54 Å². The Labute approximate surface area is 140 Å². The predicted molar refractivity (Wildman–Crippen MR) is 91.4 cm³/mol. The zero-order chi connectivity index (χ0) is 16.7. The summed E-state index contributed by atoms with van der Waals surface area (Å²) in [7, 11) is 2.00. The van der Waals surface area contributed by atoms with E-state index in [4.69, 9.17) is 0 Å². The summed E-state index contributed by atoms with van der Waals surface area (Å²) in [6.45, 7) is 3.10. The highest BCUT2D eigenvalue weighted by molar-refractivity contribution is 5.81. The van der Waals surface area contributed by atoms with E-state index in [0.29, 0.717) is 6.54 Å². The van der Waals surface area contributed by atoms with Gasteiger partial charge in [-0.05, 0) is 31.9 Å². The van der Waals surface area contributed by atoms with E-state index in [9.17, 15) is 4.79 Å². The van der Waals surface area contributed by atoms with Gasteiger partial charge in [0.05, 0.1) is 29.1 Å². The van der Waals surface area contributed by atoms with Gasteiger partial charge < -0.3 is 14.0 Å². The molecule has 1 aliphatic heterocycles. The molecule has 1 amide bonds. The summed E-state index contributed by atoms with van der Waals surface area (Å²) >= 11 is 0. The van der Waals surface area contributed by atoms with Gasteiger partial charge in [-0.2, -0.15) is 0 Å². The molecule has 124 valence electrons. The number of imidazole rings is 2. The number of hydrogen-bond donors (Lipinski definition) is 0. The first-order chi connectivity index (χ1) is 11.6. The lowest BCUT2D eigenvalue weighted by Gasteiger charge is -2.24. The summed E-state index contributed by atoms with van der Waals surface area (Å²) in [6, 6.07) is 7.97. The average molecular weight is 323 g/mol. The van der Waals surface area contributed by atoms with Crippen molar-refractivity contribution in [1.82, 2.24) is 24.0 Å². The lowest BCUT2D eigenvalue weighted by Crippen LogP contribution is -2.34. The van der Waals surface area contributed by atoms with E-state index in [2.05, 4.69) is 9.97 Å². The SMILES string of the molecule is Cc1cn(C)c(C2CCCN2C(=O)Cn2cnc3ccccc32)n1. The van der Waals surface area contributed by atoms with Gasteiger partial charge in [-0.25, -0.2) is 9.97 Å². The molecule has 24 heavy (non-hydrogen) atoms. The number of hydrogen-bond acceptors (Lipinski definition) is 3. The molecule has 0 saturated carbocycles. The molecule has 1 atom stereocenters. The smallest absolute Gasteiger partial charge is 0.243 e. The van der Waals surface area contributed by atoms with E-state index >= 15 is 0 Å². The molecule has 1 aliphatic rings. The fourth-order valence-electron chi connectivity index (χ4n) is 3.65. The minimum Gasteiger partial charge on any atom is -0.336 e. The quantitative estimate of drug-likeness (QED) is 0.744. The van der Waals surface area contributed by atoms with Crippen LogP contribution in [0.3, 0.4) is 0 Å². The minimum absolute atomic E-state index is 0.0750. The van der Waals surface area contributed by atoms with Crippen molar-refractivity contribution in [2.24, 2.45) is 7.05 Å². The molecule has 6 nitrogen and oxygen atoms in total. The van der Waals surface area contributed by atoms with Crippen LogP contribution in [0.4, 0.5) is 0 Å². The van der Waals surface area contributed by atoms with Crippen molar-refractivity contribution in [3.8, 4) is 0 Å². The molecule has 1 unspecified atom stereocenters. The zero-order valence-electron chi connectivity index (χ0n) is 14.0. The monoisotopic (exact) mass is 323 g/mol. The third kappa shape index (κ3) is 2.48. The first kappa shape index (κ1) is 14.9. The molecule has 6 heteroatoms. The Morgan fingerprint density at radius 3 is 2.96 bits per heavy atom. The van der Waals surface area contributed by atoms with E-state index in [-0.39, 0.29) is 11.9 Å². The van der Waals surface area contributed by atoms with Gasteiger partial charge in [0.25, 0.3) is 0 Å². The maximum Gasteiger partial charge on any atom is 0.243 e. The van der Waals surface area contributed by atoms with Crippen molar-refractivity contribution < 1.29 is 4.79 Å². The number of amides is 1. The first-order valence-electron chi connectivity index (χ1n) is 8.32. The predicted octanol–water partition coefficient (Wildman–Crippen LogP) is 2.44. The van der Waals surface area contributed by atoms with Crippen LogP contribution in [0.1, 0.15) is 30.4 Å². The van der Waals surface area contributed by atoms with Crippen molar-refractivity contribution in [3.63, 3.8) is 0 Å².